The minimum Gasteiger partial charge on any atom is -0.493 e. The number of nitrogens with zero attached hydrogens (tertiary/aromatic N) is 2. The molecule has 1 aromatic carbocycles. The second kappa shape index (κ2) is 5.47. The van der Waals surface area contributed by atoms with Gasteiger partial charge in [0.15, 0.2) is 14.6 Å². The Bertz CT molecular complexity index is 797. The molecule has 1 aliphatic rings. The zero-order chi connectivity index (χ0) is 17.5. The second-order valence-electron chi connectivity index (χ2n) is 6.07. The molecule has 1 heterocycles. The lowest BCUT2D eigenvalue weighted by atomic mass is 9.87. The van der Waals surface area contributed by atoms with Crippen LogP contribution >= 0.6 is 0 Å². The lowest BCUT2D eigenvalue weighted by molar-refractivity contribution is -0.385. The molecule has 0 aliphatic carbocycles. The number of benzene rings is 1. The van der Waals surface area contributed by atoms with E-state index in [2.05, 4.69) is 0 Å². The van der Waals surface area contributed by atoms with Gasteiger partial charge in [-0.2, -0.15) is 5.26 Å². The molecule has 0 amide bonds. The molecule has 0 unspecified atom stereocenters. The van der Waals surface area contributed by atoms with Crippen LogP contribution in [0.25, 0.3) is 0 Å². The highest BCUT2D eigenvalue weighted by Crippen LogP contribution is 2.39. The molecule has 0 bridgehead atoms. The Morgan fingerprint density at radius 2 is 2.17 bits per heavy atom. The van der Waals surface area contributed by atoms with Crippen LogP contribution in [0.2, 0.25) is 0 Å². The van der Waals surface area contributed by atoms with Crippen molar-refractivity contribution in [1.82, 2.24) is 0 Å². The van der Waals surface area contributed by atoms with Gasteiger partial charge >= 0.3 is 0 Å². The van der Waals surface area contributed by atoms with Gasteiger partial charge in [-0.05, 0) is 19.9 Å². The first-order valence-corrected chi connectivity index (χ1v) is 8.52. The van der Waals surface area contributed by atoms with Gasteiger partial charge in [-0.25, -0.2) is 8.42 Å². The van der Waals surface area contributed by atoms with Gasteiger partial charge in [-0.15, -0.1) is 0 Å². The lowest BCUT2D eigenvalue weighted by Crippen LogP contribution is -2.50. The van der Waals surface area contributed by atoms with E-state index in [1.165, 1.54) is 32.0 Å². The Balaban J connectivity index is 2.52. The van der Waals surface area contributed by atoms with Gasteiger partial charge in [0.2, 0.25) is 0 Å². The van der Waals surface area contributed by atoms with E-state index in [4.69, 9.17) is 15.7 Å². The summed E-state index contributed by atoms with van der Waals surface area (Å²) >= 11 is 0. The molecule has 0 fully saturated rings. The largest absolute Gasteiger partial charge is 0.493 e. The fourth-order valence-electron chi connectivity index (χ4n) is 2.36. The molecule has 124 valence electrons. The molecule has 2 rings (SSSR count). The number of nitrogens with two attached hydrogens (primary N) is 1. The van der Waals surface area contributed by atoms with E-state index in [1.807, 2.05) is 0 Å². The van der Waals surface area contributed by atoms with Crippen molar-refractivity contribution in [3.8, 4) is 11.8 Å². The summed E-state index contributed by atoms with van der Waals surface area (Å²) < 4.78 is 28.8. The Morgan fingerprint density at radius 1 is 1.52 bits per heavy atom. The molecule has 1 aromatic rings. The minimum atomic E-state index is -3.86. The average molecular weight is 339 g/mol. The quantitative estimate of drug-likeness (QED) is 0.643. The molecule has 0 radical (unpaired) electrons. The van der Waals surface area contributed by atoms with Crippen molar-refractivity contribution < 1.29 is 18.1 Å². The Morgan fingerprint density at radius 3 is 2.74 bits per heavy atom. The van der Waals surface area contributed by atoms with Crippen molar-refractivity contribution in [1.29, 1.82) is 5.26 Å². The predicted molar refractivity (Wildman–Crippen MR) is 82.6 cm³/mol. The van der Waals surface area contributed by atoms with Crippen LogP contribution in [0.3, 0.4) is 0 Å². The summed E-state index contributed by atoms with van der Waals surface area (Å²) in [5, 5.41) is 20.0. The highest BCUT2D eigenvalue weighted by atomic mass is 32.2. The summed E-state index contributed by atoms with van der Waals surface area (Å²) in [7, 11) is -3.86. The maximum atomic E-state index is 12.5. The predicted octanol–water partition coefficient (Wildman–Crippen LogP) is 1.25. The molecule has 0 aromatic heterocycles. The average Bonchev–Trinajstić information content (AvgIpc) is 2.46. The standard InChI is InChI=1S/C14H17N3O5S/c1-13(2,8-15)23(20,21)9-14(16)5-6-22-12-4-3-10(17(18)19)7-11(12)14/h3-4,7H,5-6,9,16H2,1-2H3/t14-/m0/s1. The van der Waals surface area contributed by atoms with Crippen LogP contribution in [0.4, 0.5) is 5.69 Å². The lowest BCUT2D eigenvalue weighted by Gasteiger charge is -2.36. The van der Waals surface area contributed by atoms with Gasteiger partial charge < -0.3 is 10.5 Å². The molecular formula is C14H17N3O5S. The van der Waals surface area contributed by atoms with Crippen LogP contribution in [-0.4, -0.2) is 30.4 Å². The van der Waals surface area contributed by atoms with Crippen molar-refractivity contribution in [2.75, 3.05) is 12.4 Å². The number of sulfone groups is 1. The topological polar surface area (TPSA) is 136 Å². The third-order valence-electron chi connectivity index (χ3n) is 4.01. The molecule has 8 nitrogen and oxygen atoms in total. The van der Waals surface area contributed by atoms with Gasteiger partial charge in [0.1, 0.15) is 5.75 Å². The number of nitro groups is 1. The van der Waals surface area contributed by atoms with E-state index in [0.717, 1.165) is 0 Å². The van der Waals surface area contributed by atoms with Crippen molar-refractivity contribution in [3.63, 3.8) is 0 Å². The van der Waals surface area contributed by atoms with Crippen LogP contribution in [0.1, 0.15) is 25.8 Å². The zero-order valence-electron chi connectivity index (χ0n) is 12.8. The van der Waals surface area contributed by atoms with Crippen molar-refractivity contribution in [2.24, 2.45) is 5.73 Å². The number of rotatable bonds is 4. The van der Waals surface area contributed by atoms with E-state index < -0.39 is 30.8 Å². The van der Waals surface area contributed by atoms with Crippen LogP contribution in [0, 0.1) is 21.4 Å². The summed E-state index contributed by atoms with van der Waals surface area (Å²) in [5.41, 5.74) is 5.03. The molecule has 0 spiro atoms. The fraction of sp³-hybridized carbons (Fsp3) is 0.500. The Hall–Kier alpha value is -2.18. The normalized spacial score (nSPS) is 21.0. The van der Waals surface area contributed by atoms with E-state index in [1.54, 1.807) is 6.07 Å². The number of nitro benzene ring substituents is 1. The first kappa shape index (κ1) is 17.2. The highest BCUT2D eigenvalue weighted by Gasteiger charge is 2.44. The van der Waals surface area contributed by atoms with E-state index in [-0.39, 0.29) is 24.3 Å². The maximum absolute atomic E-state index is 12.5. The smallest absolute Gasteiger partial charge is 0.270 e. The minimum absolute atomic E-state index is 0.182. The number of hydrogen-bond acceptors (Lipinski definition) is 7. The molecule has 1 aliphatic heterocycles. The zero-order valence-corrected chi connectivity index (χ0v) is 13.6. The first-order valence-electron chi connectivity index (χ1n) is 6.87. The molecule has 2 N–H and O–H groups in total. The fourth-order valence-corrected chi connectivity index (χ4v) is 3.84. The van der Waals surface area contributed by atoms with Crippen LogP contribution < -0.4 is 10.5 Å². The summed E-state index contributed by atoms with van der Waals surface area (Å²) in [6.07, 6.45) is 0.182. The first-order chi connectivity index (χ1) is 10.5. The van der Waals surface area contributed by atoms with E-state index in [0.29, 0.717) is 5.75 Å². The third kappa shape index (κ3) is 3.00. The van der Waals surface area contributed by atoms with E-state index >= 15 is 0 Å². The SMILES string of the molecule is CC(C)(C#N)S(=O)(=O)C[C@@]1(N)CCOc2ccc([N+](=O)[O-])cc21. The Kier molecular flexibility index (Phi) is 4.09. The van der Waals surface area contributed by atoms with Gasteiger partial charge in [-0.3, -0.25) is 10.1 Å². The van der Waals surface area contributed by atoms with Gasteiger partial charge in [-0.1, -0.05) is 0 Å². The number of non-ortho nitro benzene ring substituents is 1. The maximum Gasteiger partial charge on any atom is 0.270 e. The highest BCUT2D eigenvalue weighted by molar-refractivity contribution is 7.93. The summed E-state index contributed by atoms with van der Waals surface area (Å²) in [5.74, 6) is -0.160. The van der Waals surface area contributed by atoms with E-state index in [9.17, 15) is 18.5 Å². The monoisotopic (exact) mass is 339 g/mol. The Labute approximate surface area is 133 Å². The van der Waals surface area contributed by atoms with Crippen molar-refractivity contribution in [2.45, 2.75) is 30.6 Å². The van der Waals surface area contributed by atoms with Gasteiger partial charge in [0, 0.05) is 24.1 Å². The number of ether oxygens (including phenoxy) is 1. The molecule has 9 heteroatoms. The molecule has 23 heavy (non-hydrogen) atoms. The number of fused-ring (bicyclic) bond motifs is 1. The van der Waals surface area contributed by atoms with Gasteiger partial charge in [0.25, 0.3) is 5.69 Å². The summed E-state index contributed by atoms with van der Waals surface area (Å²) in [6.45, 7) is 2.81. The van der Waals surface area contributed by atoms with Crippen LogP contribution in [-0.2, 0) is 15.4 Å². The summed E-state index contributed by atoms with van der Waals surface area (Å²) in [6, 6.07) is 5.69. The second-order valence-corrected chi connectivity index (χ2v) is 8.61. The molecule has 1 atom stereocenters. The van der Waals surface area contributed by atoms with Crippen molar-refractivity contribution in [3.05, 3.63) is 33.9 Å². The van der Waals surface area contributed by atoms with Gasteiger partial charge in [0.05, 0.1) is 28.9 Å². The number of nitriles is 1. The van der Waals surface area contributed by atoms with Crippen LogP contribution in [0.5, 0.6) is 5.75 Å². The van der Waals surface area contributed by atoms with Crippen molar-refractivity contribution >= 4 is 15.5 Å². The third-order valence-corrected chi connectivity index (χ3v) is 6.55. The number of hydrogen-bond donors (Lipinski definition) is 1. The molecule has 0 saturated carbocycles. The molecule has 0 saturated heterocycles. The molecular weight excluding hydrogens is 322 g/mol. The van der Waals surface area contributed by atoms with Crippen LogP contribution in [0.15, 0.2) is 18.2 Å². The summed E-state index contributed by atoms with van der Waals surface area (Å²) in [4.78, 5) is 10.4.